The van der Waals surface area contributed by atoms with E-state index in [0.717, 1.165) is 11.3 Å². The molecule has 150 valence electrons. The maximum atomic E-state index is 12.3. The number of benzene rings is 2. The van der Waals surface area contributed by atoms with Gasteiger partial charge in [-0.1, -0.05) is 48.0 Å². The van der Waals surface area contributed by atoms with Crippen LogP contribution in [0.2, 0.25) is 5.15 Å². The van der Waals surface area contributed by atoms with E-state index in [2.05, 4.69) is 34.7 Å². The van der Waals surface area contributed by atoms with Crippen LogP contribution in [-0.2, 0) is 4.79 Å². The van der Waals surface area contributed by atoms with E-state index >= 15 is 0 Å². The lowest BCUT2D eigenvalue weighted by atomic mass is 10.1. The first-order valence-corrected chi connectivity index (χ1v) is 10.0. The fraction of sp³-hybridized carbons (Fsp3) is 0.0833. The van der Waals surface area contributed by atoms with E-state index in [-0.39, 0.29) is 11.9 Å². The molecule has 0 spiro atoms. The lowest BCUT2D eigenvalue weighted by Gasteiger charge is -2.16. The van der Waals surface area contributed by atoms with Crippen molar-refractivity contribution in [2.75, 3.05) is 10.6 Å². The third kappa shape index (κ3) is 4.53. The van der Waals surface area contributed by atoms with Gasteiger partial charge in [-0.15, -0.1) is 0 Å². The van der Waals surface area contributed by atoms with Crippen molar-refractivity contribution < 1.29 is 4.79 Å². The zero-order valence-electron chi connectivity index (χ0n) is 16.4. The number of imidazole rings is 1. The van der Waals surface area contributed by atoms with Crippen molar-refractivity contribution >= 4 is 40.6 Å². The van der Waals surface area contributed by atoms with Gasteiger partial charge < -0.3 is 10.6 Å². The minimum Gasteiger partial charge on any atom is -0.379 e. The summed E-state index contributed by atoms with van der Waals surface area (Å²) < 4.78 is 1.83. The Bertz CT molecular complexity index is 1180. The van der Waals surface area contributed by atoms with Crippen molar-refractivity contribution in [1.82, 2.24) is 9.38 Å². The third-order valence-electron chi connectivity index (χ3n) is 4.75. The molecule has 0 saturated heterocycles. The van der Waals surface area contributed by atoms with Gasteiger partial charge in [-0.2, -0.15) is 0 Å². The van der Waals surface area contributed by atoms with Crippen molar-refractivity contribution in [1.29, 1.82) is 0 Å². The van der Waals surface area contributed by atoms with E-state index in [4.69, 9.17) is 11.6 Å². The van der Waals surface area contributed by atoms with Crippen LogP contribution in [0.4, 0.5) is 11.4 Å². The smallest absolute Gasteiger partial charge is 0.248 e. The zero-order valence-corrected chi connectivity index (χ0v) is 17.2. The summed E-state index contributed by atoms with van der Waals surface area (Å²) in [4.78, 5) is 16.6. The summed E-state index contributed by atoms with van der Waals surface area (Å²) in [6.45, 7) is 2.11. The highest BCUT2D eigenvalue weighted by Gasteiger charge is 2.08. The molecule has 30 heavy (non-hydrogen) atoms. The lowest BCUT2D eigenvalue weighted by molar-refractivity contribution is -0.111. The van der Waals surface area contributed by atoms with E-state index in [9.17, 15) is 4.79 Å². The predicted octanol–water partition coefficient (Wildman–Crippen LogP) is 5.81. The second kappa shape index (κ2) is 8.84. The number of nitrogens with one attached hydrogen (secondary N) is 2. The quantitative estimate of drug-likeness (QED) is 0.390. The molecule has 0 saturated carbocycles. The summed E-state index contributed by atoms with van der Waals surface area (Å²) in [6.07, 6.45) is 4.97. The Labute approximate surface area is 180 Å². The summed E-state index contributed by atoms with van der Waals surface area (Å²) in [6, 6.07) is 23.7. The molecule has 4 aromatic rings. The summed E-state index contributed by atoms with van der Waals surface area (Å²) in [5.74, 6) is -0.240. The Hall–Kier alpha value is -3.57. The number of halogens is 1. The second-order valence-corrected chi connectivity index (χ2v) is 7.25. The molecule has 1 amide bonds. The van der Waals surface area contributed by atoms with Crippen molar-refractivity contribution in [2.24, 2.45) is 0 Å². The van der Waals surface area contributed by atoms with E-state index < -0.39 is 0 Å². The summed E-state index contributed by atoms with van der Waals surface area (Å²) >= 11 is 6.19. The van der Waals surface area contributed by atoms with Gasteiger partial charge in [-0.3, -0.25) is 9.20 Å². The number of aromatic nitrogens is 2. The molecule has 2 aromatic heterocycles. The normalized spacial score (nSPS) is 12.2. The minimum atomic E-state index is -0.240. The Morgan fingerprint density at radius 3 is 2.47 bits per heavy atom. The highest BCUT2D eigenvalue weighted by molar-refractivity contribution is 6.31. The van der Waals surface area contributed by atoms with E-state index in [1.807, 2.05) is 71.3 Å². The number of carbonyl (C=O) groups is 1. The Morgan fingerprint density at radius 1 is 1.00 bits per heavy atom. The maximum Gasteiger partial charge on any atom is 0.248 e. The Balaban J connectivity index is 1.39. The van der Waals surface area contributed by atoms with Gasteiger partial charge in [-0.25, -0.2) is 4.98 Å². The molecule has 1 unspecified atom stereocenters. The highest BCUT2D eigenvalue weighted by Crippen LogP contribution is 2.21. The van der Waals surface area contributed by atoms with Gasteiger partial charge in [-0.05, 0) is 55.0 Å². The molecule has 5 nitrogen and oxygen atoms in total. The van der Waals surface area contributed by atoms with E-state index in [1.54, 1.807) is 6.08 Å². The van der Waals surface area contributed by atoms with Crippen LogP contribution in [0.3, 0.4) is 0 Å². The van der Waals surface area contributed by atoms with Gasteiger partial charge >= 0.3 is 0 Å². The maximum absolute atomic E-state index is 12.3. The number of pyridine rings is 1. The number of hydrogen-bond donors (Lipinski definition) is 2. The monoisotopic (exact) mass is 416 g/mol. The highest BCUT2D eigenvalue weighted by atomic mass is 35.5. The van der Waals surface area contributed by atoms with Crippen molar-refractivity contribution in [3.8, 4) is 0 Å². The predicted molar refractivity (Wildman–Crippen MR) is 123 cm³/mol. The van der Waals surface area contributed by atoms with Crippen LogP contribution >= 0.6 is 11.6 Å². The molecule has 4 rings (SSSR count). The van der Waals surface area contributed by atoms with Crippen molar-refractivity contribution in [3.05, 3.63) is 101 Å². The molecule has 0 aliphatic carbocycles. The molecule has 0 fully saturated rings. The number of hydrogen-bond acceptors (Lipinski definition) is 3. The third-order valence-corrected chi connectivity index (χ3v) is 5.03. The molecule has 2 aromatic carbocycles. The van der Waals surface area contributed by atoms with Gasteiger partial charge in [0, 0.05) is 29.7 Å². The molecule has 0 radical (unpaired) electrons. The standard InChI is InChI=1S/C24H21ClN4O/c1-17(18-7-3-2-4-8-18)26-19-10-12-20(13-11-19)27-23(30)15-14-21-24(25)28-22-9-5-6-16-29(21)22/h2-17,26H,1H3,(H,27,30)/b15-14+. The fourth-order valence-corrected chi connectivity index (χ4v) is 3.44. The number of amides is 1. The molecule has 0 aliphatic rings. The first kappa shape index (κ1) is 19.7. The molecule has 2 heterocycles. The molecule has 0 bridgehead atoms. The van der Waals surface area contributed by atoms with E-state index in [0.29, 0.717) is 16.5 Å². The van der Waals surface area contributed by atoms with Gasteiger partial charge in [0.2, 0.25) is 5.91 Å². The summed E-state index contributed by atoms with van der Waals surface area (Å²) in [5, 5.41) is 6.67. The average molecular weight is 417 g/mol. The van der Waals surface area contributed by atoms with Crippen molar-refractivity contribution in [2.45, 2.75) is 13.0 Å². The Morgan fingerprint density at radius 2 is 1.70 bits per heavy atom. The second-order valence-electron chi connectivity index (χ2n) is 6.89. The van der Waals surface area contributed by atoms with Crippen LogP contribution in [0.5, 0.6) is 0 Å². The van der Waals surface area contributed by atoms with Crippen molar-refractivity contribution in [3.63, 3.8) is 0 Å². The van der Waals surface area contributed by atoms with Gasteiger partial charge in [0.15, 0.2) is 5.15 Å². The molecule has 2 N–H and O–H groups in total. The summed E-state index contributed by atoms with van der Waals surface area (Å²) in [5.41, 5.74) is 4.31. The van der Waals surface area contributed by atoms with Crippen LogP contribution in [0.1, 0.15) is 24.2 Å². The van der Waals surface area contributed by atoms with E-state index in [1.165, 1.54) is 11.6 Å². The molecular formula is C24H21ClN4O. The van der Waals surface area contributed by atoms with Gasteiger partial charge in [0.05, 0.1) is 5.69 Å². The fourth-order valence-electron chi connectivity index (χ4n) is 3.20. The Kier molecular flexibility index (Phi) is 5.82. The van der Waals surface area contributed by atoms with Crippen LogP contribution in [0.25, 0.3) is 11.7 Å². The SMILES string of the molecule is CC(Nc1ccc(NC(=O)/C=C/c2c(Cl)nc3ccccn23)cc1)c1ccccc1. The minimum absolute atomic E-state index is 0.185. The number of nitrogens with zero attached hydrogens (tertiary/aromatic N) is 2. The lowest BCUT2D eigenvalue weighted by Crippen LogP contribution is -2.09. The van der Waals surface area contributed by atoms with Crippen LogP contribution in [-0.4, -0.2) is 15.3 Å². The largest absolute Gasteiger partial charge is 0.379 e. The number of carbonyl (C=O) groups excluding carboxylic acids is 1. The average Bonchev–Trinajstić information content (AvgIpc) is 3.09. The van der Waals surface area contributed by atoms with Crippen LogP contribution in [0, 0.1) is 0 Å². The number of fused-ring (bicyclic) bond motifs is 1. The zero-order chi connectivity index (χ0) is 20.9. The molecule has 6 heteroatoms. The molecule has 1 atom stereocenters. The van der Waals surface area contributed by atoms with Gasteiger partial charge in [0.25, 0.3) is 0 Å². The van der Waals surface area contributed by atoms with Crippen LogP contribution < -0.4 is 10.6 Å². The number of rotatable bonds is 6. The molecule has 0 aliphatic heterocycles. The van der Waals surface area contributed by atoms with Crippen LogP contribution in [0.15, 0.2) is 85.1 Å². The van der Waals surface area contributed by atoms with Gasteiger partial charge in [0.1, 0.15) is 5.65 Å². The first-order valence-electron chi connectivity index (χ1n) is 9.63. The molecular weight excluding hydrogens is 396 g/mol. The number of anilines is 2. The first-order chi connectivity index (χ1) is 14.6. The topological polar surface area (TPSA) is 58.4 Å². The summed E-state index contributed by atoms with van der Waals surface area (Å²) in [7, 11) is 0.